The Kier molecular flexibility index (Phi) is 1.09. The monoisotopic (exact) mass is 152 g/mol. The van der Waals surface area contributed by atoms with Gasteiger partial charge in [-0.1, -0.05) is 0 Å². The molecule has 0 aliphatic carbocycles. The van der Waals surface area contributed by atoms with Crippen LogP contribution >= 0.6 is 0 Å². The Balaban J connectivity index is 2.95. The molecule has 2 rings (SSSR count). The topological polar surface area (TPSA) is 38.0 Å². The highest BCUT2D eigenvalue weighted by molar-refractivity contribution is 5.76. The van der Waals surface area contributed by atoms with Gasteiger partial charge in [-0.25, -0.2) is 9.37 Å². The molecule has 0 amide bonds. The second kappa shape index (κ2) is 1.95. The summed E-state index contributed by atoms with van der Waals surface area (Å²) in [6.07, 6.45) is 2.48. The quantitative estimate of drug-likeness (QED) is 0.579. The zero-order valence-corrected chi connectivity index (χ0v) is 5.53. The van der Waals surface area contributed by atoms with Gasteiger partial charge in [0, 0.05) is 6.20 Å². The van der Waals surface area contributed by atoms with Crippen molar-refractivity contribution < 1.29 is 9.60 Å². The molecule has 4 heteroatoms. The second-order valence-electron chi connectivity index (χ2n) is 2.20. The molecule has 56 valence electrons. The first-order chi connectivity index (χ1) is 5.29. The van der Waals surface area contributed by atoms with Gasteiger partial charge in [0.15, 0.2) is 11.5 Å². The van der Waals surface area contributed by atoms with Crippen LogP contribution in [0.15, 0.2) is 24.5 Å². The van der Waals surface area contributed by atoms with Gasteiger partial charge >= 0.3 is 0 Å². The van der Waals surface area contributed by atoms with Crippen molar-refractivity contribution >= 4 is 11.0 Å². The third-order valence-electron chi connectivity index (χ3n) is 1.50. The smallest absolute Gasteiger partial charge is 0.178 e. The fraction of sp³-hybridized carbons (Fsp3) is 0. The van der Waals surface area contributed by atoms with Gasteiger partial charge < -0.3 is 5.21 Å². The van der Waals surface area contributed by atoms with Crippen LogP contribution in [0, 0.1) is 5.82 Å². The van der Waals surface area contributed by atoms with Crippen LogP contribution in [0.5, 0.6) is 0 Å². The van der Waals surface area contributed by atoms with Crippen LogP contribution in [-0.4, -0.2) is 14.9 Å². The Morgan fingerprint density at radius 2 is 2.36 bits per heavy atom. The van der Waals surface area contributed by atoms with E-state index in [4.69, 9.17) is 5.21 Å². The lowest BCUT2D eigenvalue weighted by Crippen LogP contribution is -1.87. The fourth-order valence-corrected chi connectivity index (χ4v) is 1.00. The third-order valence-corrected chi connectivity index (χ3v) is 1.50. The molecule has 0 aliphatic rings. The first-order valence-electron chi connectivity index (χ1n) is 3.10. The lowest BCUT2D eigenvalue weighted by Gasteiger charge is -1.89. The molecule has 0 spiro atoms. The molecule has 0 saturated carbocycles. The van der Waals surface area contributed by atoms with Gasteiger partial charge in [0.25, 0.3) is 0 Å². The number of halogens is 1. The maximum absolute atomic E-state index is 12.8. The summed E-state index contributed by atoms with van der Waals surface area (Å²) in [6, 6.07) is 3.18. The Labute approximate surface area is 61.7 Å². The van der Waals surface area contributed by atoms with Crippen molar-refractivity contribution in [2.45, 2.75) is 0 Å². The van der Waals surface area contributed by atoms with E-state index in [1.54, 1.807) is 12.1 Å². The summed E-state index contributed by atoms with van der Waals surface area (Å²) < 4.78 is 13.5. The van der Waals surface area contributed by atoms with Gasteiger partial charge in [0.05, 0.1) is 11.6 Å². The van der Waals surface area contributed by atoms with Crippen LogP contribution in [0.4, 0.5) is 4.39 Å². The maximum Gasteiger partial charge on any atom is 0.178 e. The Morgan fingerprint density at radius 3 is 3.09 bits per heavy atom. The molecule has 2 aromatic heterocycles. The molecule has 3 nitrogen and oxygen atoms in total. The molecule has 0 saturated heterocycles. The molecule has 0 fully saturated rings. The number of nitrogens with zero attached hydrogens (tertiary/aromatic N) is 2. The fourth-order valence-electron chi connectivity index (χ4n) is 1.00. The van der Waals surface area contributed by atoms with Crippen LogP contribution in [0.1, 0.15) is 0 Å². The summed E-state index contributed by atoms with van der Waals surface area (Å²) in [5, 5.41) is 9.33. The van der Waals surface area contributed by atoms with E-state index in [0.717, 1.165) is 6.20 Å². The number of hydrogen-bond acceptors (Lipinski definition) is 2. The minimum atomic E-state index is -0.462. The van der Waals surface area contributed by atoms with Gasteiger partial charge in [-0.15, -0.1) is 0 Å². The molecule has 0 unspecified atom stereocenters. The van der Waals surface area contributed by atoms with Crippen molar-refractivity contribution in [3.05, 3.63) is 30.3 Å². The third kappa shape index (κ3) is 0.756. The predicted molar refractivity (Wildman–Crippen MR) is 36.9 cm³/mol. The Morgan fingerprint density at radius 1 is 1.55 bits per heavy atom. The molecule has 1 N–H and O–H groups in total. The highest BCUT2D eigenvalue weighted by Gasteiger charge is 2.06. The lowest BCUT2D eigenvalue weighted by molar-refractivity contribution is 0.196. The van der Waals surface area contributed by atoms with Crippen molar-refractivity contribution in [1.82, 2.24) is 9.71 Å². The predicted octanol–water partition coefficient (Wildman–Crippen LogP) is 1.41. The molecule has 0 radical (unpaired) electrons. The standard InChI is InChI=1S/C7H5FN2O/c8-6-4-10(11)7-5(6)2-1-3-9-7/h1-4,11H. The van der Waals surface area contributed by atoms with Crippen LogP contribution in [0.25, 0.3) is 11.0 Å². The number of rotatable bonds is 0. The number of pyridine rings is 1. The maximum atomic E-state index is 12.8. The van der Waals surface area contributed by atoms with Crippen LogP contribution in [0.2, 0.25) is 0 Å². The summed E-state index contributed by atoms with van der Waals surface area (Å²) in [6.45, 7) is 0. The van der Waals surface area contributed by atoms with Crippen LogP contribution in [0.3, 0.4) is 0 Å². The van der Waals surface area contributed by atoms with Crippen molar-refractivity contribution in [3.8, 4) is 0 Å². The average Bonchev–Trinajstić information content (AvgIpc) is 2.30. The largest absolute Gasteiger partial charge is 0.427 e. The summed E-state index contributed by atoms with van der Waals surface area (Å²) >= 11 is 0. The van der Waals surface area contributed by atoms with Gasteiger partial charge in [0.2, 0.25) is 0 Å². The summed E-state index contributed by atoms with van der Waals surface area (Å²) in [4.78, 5) is 3.77. The molecule has 2 heterocycles. The van der Waals surface area contributed by atoms with Gasteiger partial charge in [-0.2, -0.15) is 4.73 Å². The van der Waals surface area contributed by atoms with Gasteiger partial charge in [-0.05, 0) is 12.1 Å². The Bertz CT molecular complexity index is 360. The zero-order chi connectivity index (χ0) is 7.84. The molecule has 0 aromatic carbocycles. The SMILES string of the molecule is On1cc(F)c2cccnc21. The summed E-state index contributed by atoms with van der Waals surface area (Å²) in [5.74, 6) is -0.462. The number of aromatic nitrogens is 2. The summed E-state index contributed by atoms with van der Waals surface area (Å²) in [7, 11) is 0. The molecule has 11 heavy (non-hydrogen) atoms. The lowest BCUT2D eigenvalue weighted by atomic mass is 10.3. The van der Waals surface area contributed by atoms with Crippen molar-refractivity contribution in [2.24, 2.45) is 0 Å². The van der Waals surface area contributed by atoms with E-state index < -0.39 is 5.82 Å². The van der Waals surface area contributed by atoms with E-state index in [1.807, 2.05) is 0 Å². The highest BCUT2D eigenvalue weighted by Crippen LogP contribution is 2.15. The molecule has 2 aromatic rings. The minimum Gasteiger partial charge on any atom is -0.427 e. The molecule has 0 bridgehead atoms. The molecule has 0 aliphatic heterocycles. The van der Waals surface area contributed by atoms with Crippen molar-refractivity contribution in [3.63, 3.8) is 0 Å². The summed E-state index contributed by atoms with van der Waals surface area (Å²) in [5.41, 5.74) is 0.241. The number of hydrogen-bond donors (Lipinski definition) is 1. The highest BCUT2D eigenvalue weighted by atomic mass is 19.1. The van der Waals surface area contributed by atoms with E-state index in [2.05, 4.69) is 4.98 Å². The first kappa shape index (κ1) is 6.15. The average molecular weight is 152 g/mol. The van der Waals surface area contributed by atoms with Crippen molar-refractivity contribution in [1.29, 1.82) is 0 Å². The zero-order valence-electron chi connectivity index (χ0n) is 5.53. The normalized spacial score (nSPS) is 10.6. The Hall–Kier alpha value is -1.58. The van der Waals surface area contributed by atoms with Gasteiger partial charge in [0.1, 0.15) is 0 Å². The van der Waals surface area contributed by atoms with Crippen molar-refractivity contribution in [2.75, 3.05) is 0 Å². The molecular weight excluding hydrogens is 147 g/mol. The van der Waals surface area contributed by atoms with E-state index in [0.29, 0.717) is 10.1 Å². The second-order valence-corrected chi connectivity index (χ2v) is 2.20. The molecular formula is C7H5FN2O. The van der Waals surface area contributed by atoms with E-state index >= 15 is 0 Å². The molecule has 0 atom stereocenters. The first-order valence-corrected chi connectivity index (χ1v) is 3.10. The van der Waals surface area contributed by atoms with Gasteiger partial charge in [-0.3, -0.25) is 0 Å². The van der Waals surface area contributed by atoms with Crippen LogP contribution in [-0.2, 0) is 0 Å². The van der Waals surface area contributed by atoms with E-state index in [-0.39, 0.29) is 5.65 Å². The van der Waals surface area contributed by atoms with Crippen LogP contribution < -0.4 is 0 Å². The van der Waals surface area contributed by atoms with E-state index in [1.165, 1.54) is 6.20 Å². The van der Waals surface area contributed by atoms with E-state index in [9.17, 15) is 4.39 Å². The minimum absolute atomic E-state index is 0.241. The number of fused-ring (bicyclic) bond motifs is 1.